The molecule has 0 unspecified atom stereocenters. The molecule has 5 heteroatoms. The summed E-state index contributed by atoms with van der Waals surface area (Å²) in [5.74, 6) is 1.02. The first-order valence-corrected chi connectivity index (χ1v) is 6.93. The van der Waals surface area contributed by atoms with Crippen LogP contribution in [0.3, 0.4) is 0 Å². The van der Waals surface area contributed by atoms with Gasteiger partial charge in [0.25, 0.3) is 0 Å². The van der Waals surface area contributed by atoms with Crippen LogP contribution < -0.4 is 10.6 Å². The van der Waals surface area contributed by atoms with Crippen LogP contribution in [0.5, 0.6) is 0 Å². The summed E-state index contributed by atoms with van der Waals surface area (Å²) >= 11 is 1.68. The minimum atomic E-state index is -0.191. The third-order valence-electron chi connectivity index (χ3n) is 2.29. The highest BCUT2D eigenvalue weighted by Crippen LogP contribution is 2.21. The van der Waals surface area contributed by atoms with Crippen molar-refractivity contribution in [2.75, 3.05) is 12.3 Å². The second kappa shape index (κ2) is 5.29. The van der Waals surface area contributed by atoms with Crippen LogP contribution >= 0.6 is 11.8 Å². The van der Waals surface area contributed by atoms with Crippen LogP contribution in [-0.2, 0) is 4.79 Å². The number of nitrogens with one attached hydrogen (secondary N) is 2. The highest BCUT2D eigenvalue weighted by molar-refractivity contribution is 8.13. The van der Waals surface area contributed by atoms with E-state index < -0.39 is 0 Å². The van der Waals surface area contributed by atoms with Crippen molar-refractivity contribution in [3.05, 3.63) is 0 Å². The molecule has 0 aromatic rings. The molecule has 0 aromatic carbocycles. The van der Waals surface area contributed by atoms with Crippen LogP contribution in [0.2, 0.25) is 0 Å². The van der Waals surface area contributed by atoms with Gasteiger partial charge in [-0.15, -0.1) is 0 Å². The molecule has 1 aliphatic heterocycles. The molecule has 1 rings (SSSR count). The third-order valence-corrected chi connectivity index (χ3v) is 3.20. The van der Waals surface area contributed by atoms with Crippen LogP contribution in [-0.4, -0.2) is 34.5 Å². The fraction of sp³-hybridized carbons (Fsp3) is 0.833. The molecule has 0 saturated carbocycles. The molecule has 4 nitrogen and oxygen atoms in total. The zero-order chi connectivity index (χ0) is 13.1. The van der Waals surface area contributed by atoms with Gasteiger partial charge in [-0.1, -0.05) is 11.8 Å². The summed E-state index contributed by atoms with van der Waals surface area (Å²) in [5, 5.41) is 7.12. The molecule has 1 aliphatic rings. The lowest BCUT2D eigenvalue weighted by molar-refractivity contribution is -0.121. The second-order valence-electron chi connectivity index (χ2n) is 6.03. The fourth-order valence-electron chi connectivity index (χ4n) is 1.48. The first kappa shape index (κ1) is 14.4. The first-order chi connectivity index (χ1) is 7.68. The highest BCUT2D eigenvalue weighted by Gasteiger charge is 2.24. The van der Waals surface area contributed by atoms with Crippen molar-refractivity contribution in [3.8, 4) is 0 Å². The minimum Gasteiger partial charge on any atom is -0.360 e. The van der Waals surface area contributed by atoms with Gasteiger partial charge in [-0.2, -0.15) is 0 Å². The Kier molecular flexibility index (Phi) is 4.47. The Hall–Kier alpha value is -0.710. The van der Waals surface area contributed by atoms with E-state index in [4.69, 9.17) is 0 Å². The smallest absolute Gasteiger partial charge is 0.242 e. The second-order valence-corrected chi connectivity index (χ2v) is 7.11. The van der Waals surface area contributed by atoms with Gasteiger partial charge in [-0.25, -0.2) is 0 Å². The SMILES string of the molecule is CC(C)(C)NC(=O)CN=C1NC(C)(C)CCS1. The molecular formula is C12H23N3OS. The van der Waals surface area contributed by atoms with E-state index in [1.54, 1.807) is 11.8 Å². The van der Waals surface area contributed by atoms with Gasteiger partial charge >= 0.3 is 0 Å². The first-order valence-electron chi connectivity index (χ1n) is 5.94. The molecule has 0 aliphatic carbocycles. The van der Waals surface area contributed by atoms with E-state index in [0.717, 1.165) is 17.3 Å². The summed E-state index contributed by atoms with van der Waals surface area (Å²) in [6.45, 7) is 10.4. The summed E-state index contributed by atoms with van der Waals surface area (Å²) in [6, 6.07) is 0. The molecule has 0 atom stereocenters. The Morgan fingerprint density at radius 1 is 1.53 bits per heavy atom. The molecular weight excluding hydrogens is 234 g/mol. The van der Waals surface area contributed by atoms with E-state index >= 15 is 0 Å². The van der Waals surface area contributed by atoms with E-state index in [9.17, 15) is 4.79 Å². The highest BCUT2D eigenvalue weighted by atomic mass is 32.2. The molecule has 98 valence electrons. The molecule has 0 spiro atoms. The number of thioether (sulfide) groups is 1. The minimum absolute atomic E-state index is 0.0317. The van der Waals surface area contributed by atoms with Gasteiger partial charge in [0.2, 0.25) is 5.91 Å². The number of amides is 1. The number of carbonyl (C=O) groups excluding carboxylic acids is 1. The Balaban J connectivity index is 2.46. The molecule has 0 radical (unpaired) electrons. The van der Waals surface area contributed by atoms with Gasteiger partial charge in [-0.05, 0) is 41.0 Å². The fourth-order valence-corrected chi connectivity index (χ4v) is 2.79. The monoisotopic (exact) mass is 257 g/mol. The maximum Gasteiger partial charge on any atom is 0.242 e. The van der Waals surface area contributed by atoms with Crippen molar-refractivity contribution < 1.29 is 4.79 Å². The molecule has 1 fully saturated rings. The Labute approximate surface area is 108 Å². The van der Waals surface area contributed by atoms with E-state index in [0.29, 0.717) is 0 Å². The summed E-state index contributed by atoms with van der Waals surface area (Å²) in [6.07, 6.45) is 1.12. The summed E-state index contributed by atoms with van der Waals surface area (Å²) < 4.78 is 0. The Morgan fingerprint density at radius 2 is 2.18 bits per heavy atom. The molecule has 1 amide bonds. The van der Waals surface area contributed by atoms with E-state index in [1.165, 1.54) is 0 Å². The van der Waals surface area contributed by atoms with Crippen LogP contribution in [0.4, 0.5) is 0 Å². The molecule has 0 aromatic heterocycles. The predicted molar refractivity (Wildman–Crippen MR) is 74.5 cm³/mol. The van der Waals surface area contributed by atoms with Gasteiger partial charge in [0.1, 0.15) is 6.54 Å². The topological polar surface area (TPSA) is 53.5 Å². The van der Waals surface area contributed by atoms with Crippen LogP contribution in [0.25, 0.3) is 0 Å². The van der Waals surface area contributed by atoms with Gasteiger partial charge < -0.3 is 10.6 Å². The normalized spacial score (nSPS) is 22.1. The Morgan fingerprint density at radius 3 is 2.71 bits per heavy atom. The number of amidine groups is 1. The molecule has 17 heavy (non-hydrogen) atoms. The van der Waals surface area contributed by atoms with Crippen LogP contribution in [0.1, 0.15) is 41.0 Å². The van der Waals surface area contributed by atoms with Gasteiger partial charge in [-0.3, -0.25) is 9.79 Å². The zero-order valence-corrected chi connectivity index (χ0v) is 12.2. The summed E-state index contributed by atoms with van der Waals surface area (Å²) in [4.78, 5) is 15.9. The van der Waals surface area contributed by atoms with Gasteiger partial charge in [0.05, 0.1) is 0 Å². The average Bonchev–Trinajstić information content (AvgIpc) is 2.10. The lowest BCUT2D eigenvalue weighted by Crippen LogP contribution is -2.47. The number of hydrogen-bond acceptors (Lipinski definition) is 3. The van der Waals surface area contributed by atoms with E-state index in [2.05, 4.69) is 29.5 Å². The Bertz CT molecular complexity index is 318. The quantitative estimate of drug-likeness (QED) is 0.792. The number of hydrogen-bond donors (Lipinski definition) is 2. The number of rotatable bonds is 2. The zero-order valence-electron chi connectivity index (χ0n) is 11.4. The maximum atomic E-state index is 11.6. The van der Waals surface area contributed by atoms with Crippen LogP contribution in [0, 0.1) is 0 Å². The standard InChI is InChI=1S/C12H23N3OS/c1-11(2,3)14-9(16)8-13-10-15-12(4,5)6-7-17-10/h6-8H2,1-5H3,(H,13,15)(H,14,16). The van der Waals surface area contributed by atoms with Crippen molar-refractivity contribution in [2.24, 2.45) is 4.99 Å². The number of aliphatic imine (C=N–C) groups is 1. The lowest BCUT2D eigenvalue weighted by atomic mass is 10.0. The summed E-state index contributed by atoms with van der Waals surface area (Å²) in [7, 11) is 0. The van der Waals surface area contributed by atoms with Gasteiger partial charge in [0, 0.05) is 16.8 Å². The van der Waals surface area contributed by atoms with Crippen molar-refractivity contribution in [2.45, 2.75) is 52.1 Å². The predicted octanol–water partition coefficient (Wildman–Crippen LogP) is 1.76. The maximum absolute atomic E-state index is 11.6. The van der Waals surface area contributed by atoms with Gasteiger partial charge in [0.15, 0.2) is 5.17 Å². The lowest BCUT2D eigenvalue weighted by Gasteiger charge is -2.32. The summed E-state index contributed by atoms with van der Waals surface area (Å²) in [5.41, 5.74) is -0.103. The molecule has 1 heterocycles. The largest absolute Gasteiger partial charge is 0.360 e. The van der Waals surface area contributed by atoms with Crippen molar-refractivity contribution in [3.63, 3.8) is 0 Å². The van der Waals surface area contributed by atoms with Crippen LogP contribution in [0.15, 0.2) is 4.99 Å². The molecule has 1 saturated heterocycles. The number of nitrogens with zero attached hydrogens (tertiary/aromatic N) is 1. The molecule has 0 bridgehead atoms. The third kappa shape index (κ3) is 5.96. The average molecular weight is 257 g/mol. The van der Waals surface area contributed by atoms with Crippen molar-refractivity contribution in [1.29, 1.82) is 0 Å². The van der Waals surface area contributed by atoms with Crippen molar-refractivity contribution >= 4 is 22.8 Å². The van der Waals surface area contributed by atoms with E-state index in [1.807, 2.05) is 20.8 Å². The molecule has 2 N–H and O–H groups in total. The number of carbonyl (C=O) groups is 1. The van der Waals surface area contributed by atoms with E-state index in [-0.39, 0.29) is 23.5 Å². The van der Waals surface area contributed by atoms with Crippen molar-refractivity contribution in [1.82, 2.24) is 10.6 Å².